The minimum atomic E-state index is -4.68. The van der Waals surface area contributed by atoms with Gasteiger partial charge in [-0.1, -0.05) is 6.07 Å². The van der Waals surface area contributed by atoms with Gasteiger partial charge in [-0.3, -0.25) is 19.3 Å². The largest absolute Gasteiger partial charge is 0.451 e. The summed E-state index contributed by atoms with van der Waals surface area (Å²) < 4.78 is 50.2. The maximum Gasteiger partial charge on any atom is 0.451 e. The number of ether oxygens (including phenoxy) is 2. The summed E-state index contributed by atoms with van der Waals surface area (Å²) in [5.74, 6) is -2.27. The topological polar surface area (TPSA) is 148 Å². The number of likely N-dealkylation sites (N-methyl/N-ethyl adjacent to an activating group) is 1. The number of fused-ring (bicyclic) bond motifs is 2. The second-order valence-corrected chi connectivity index (χ2v) is 9.12. The number of imidazole rings is 1. The van der Waals surface area contributed by atoms with Crippen LogP contribution in [0.4, 0.5) is 24.8 Å². The summed E-state index contributed by atoms with van der Waals surface area (Å²) in [6.45, 7) is 1.14. The number of halogens is 3. The van der Waals surface area contributed by atoms with Gasteiger partial charge in [-0.2, -0.15) is 13.2 Å². The first-order chi connectivity index (χ1) is 19.0. The first kappa shape index (κ1) is 27.1. The summed E-state index contributed by atoms with van der Waals surface area (Å²) >= 11 is 0. The van der Waals surface area contributed by atoms with E-state index in [9.17, 15) is 27.6 Å². The van der Waals surface area contributed by atoms with Gasteiger partial charge < -0.3 is 24.3 Å². The van der Waals surface area contributed by atoms with Gasteiger partial charge >= 0.3 is 6.18 Å². The average molecular weight is 560 g/mol. The Labute approximate surface area is 224 Å². The number of carbonyl (C=O) groups is 3. The number of anilines is 2. The molecule has 3 atom stereocenters. The van der Waals surface area contributed by atoms with E-state index in [2.05, 4.69) is 25.3 Å². The molecule has 0 aromatic carbocycles. The van der Waals surface area contributed by atoms with E-state index in [4.69, 9.17) is 9.47 Å². The number of amides is 2. The molecule has 16 heteroatoms. The van der Waals surface area contributed by atoms with Crippen LogP contribution in [-0.4, -0.2) is 86.8 Å². The molecule has 0 spiro atoms. The predicted octanol–water partition coefficient (Wildman–Crippen LogP) is 1.74. The van der Waals surface area contributed by atoms with Crippen LogP contribution in [0, 0.1) is 0 Å². The van der Waals surface area contributed by atoms with Crippen LogP contribution in [0.2, 0.25) is 0 Å². The van der Waals surface area contributed by atoms with Crippen LogP contribution in [0.25, 0.3) is 11.3 Å². The number of carbonyl (C=O) groups excluding carboxylic acids is 3. The van der Waals surface area contributed by atoms with Crippen molar-refractivity contribution in [1.82, 2.24) is 29.4 Å². The standard InChI is InChI=1S/C24H23F3N8O5/c1-12(19(37)32-16-6-4-5-15(31-16)13-7-28-23(29-8-13)24(25,26)27)35-11-30-18-17(35)20(38)34(9-14(36)10-39-3)22-21(40-22)33(18)2/h4-8,11-12,21-22H,9-10H2,1-3H3,(H,31,32,37)/t12-,21?,22?/m0/s1. The van der Waals surface area contributed by atoms with Crippen molar-refractivity contribution in [2.75, 3.05) is 37.5 Å². The number of hydrogen-bond donors (Lipinski definition) is 1. The third-order valence-corrected chi connectivity index (χ3v) is 6.36. The molecule has 2 amide bonds. The van der Waals surface area contributed by atoms with Crippen molar-refractivity contribution in [3.63, 3.8) is 0 Å². The van der Waals surface area contributed by atoms with E-state index >= 15 is 0 Å². The number of epoxide rings is 1. The SMILES string of the molecule is COCC(=O)CN1C(=O)c2c(ncn2[C@@H](C)C(=O)Nc2cccc(-c3cnc(C(F)(F)F)nc3)n2)N(C)C2OC21. The summed E-state index contributed by atoms with van der Waals surface area (Å²) in [5.41, 5.74) is 0.562. The average Bonchev–Trinajstić information content (AvgIpc) is 3.60. The number of alkyl halides is 3. The number of ketones is 1. The van der Waals surface area contributed by atoms with Crippen molar-refractivity contribution in [3.05, 3.63) is 48.4 Å². The van der Waals surface area contributed by atoms with Crippen LogP contribution >= 0.6 is 0 Å². The van der Waals surface area contributed by atoms with Gasteiger partial charge in [0.2, 0.25) is 11.7 Å². The number of hydrogen-bond acceptors (Lipinski definition) is 10. The highest BCUT2D eigenvalue weighted by molar-refractivity contribution is 6.02. The molecule has 1 N–H and O–H groups in total. The molecule has 1 fully saturated rings. The Morgan fingerprint density at radius 1 is 1.18 bits per heavy atom. The zero-order valence-corrected chi connectivity index (χ0v) is 21.4. The number of aromatic nitrogens is 5. The van der Waals surface area contributed by atoms with E-state index in [1.807, 2.05) is 0 Å². The van der Waals surface area contributed by atoms with Crippen molar-refractivity contribution in [2.24, 2.45) is 0 Å². The second-order valence-electron chi connectivity index (χ2n) is 9.12. The molecule has 0 aliphatic carbocycles. The summed E-state index contributed by atoms with van der Waals surface area (Å²) in [7, 11) is 3.07. The third-order valence-electron chi connectivity index (χ3n) is 6.36. The van der Waals surface area contributed by atoms with Gasteiger partial charge in [0.15, 0.2) is 29.8 Å². The van der Waals surface area contributed by atoms with Crippen molar-refractivity contribution >= 4 is 29.2 Å². The van der Waals surface area contributed by atoms with E-state index < -0.39 is 42.3 Å². The van der Waals surface area contributed by atoms with Gasteiger partial charge in [-0.25, -0.2) is 19.9 Å². The normalized spacial score (nSPS) is 19.0. The molecule has 40 heavy (non-hydrogen) atoms. The molecule has 5 rings (SSSR count). The van der Waals surface area contributed by atoms with Crippen LogP contribution < -0.4 is 10.2 Å². The smallest absolute Gasteiger partial charge is 0.377 e. The molecule has 2 aliphatic heterocycles. The molecule has 2 aliphatic rings. The molecule has 1 saturated heterocycles. The fraction of sp³-hybridized carbons (Fsp3) is 0.375. The van der Waals surface area contributed by atoms with Crippen molar-refractivity contribution in [1.29, 1.82) is 0 Å². The highest BCUT2D eigenvalue weighted by Crippen LogP contribution is 2.38. The summed E-state index contributed by atoms with van der Waals surface area (Å²) in [5, 5.41) is 2.65. The van der Waals surface area contributed by atoms with Crippen LogP contribution in [0.5, 0.6) is 0 Å². The van der Waals surface area contributed by atoms with E-state index in [0.717, 1.165) is 12.4 Å². The Kier molecular flexibility index (Phi) is 6.97. The maximum absolute atomic E-state index is 13.6. The lowest BCUT2D eigenvalue weighted by Crippen LogP contribution is -2.41. The Bertz CT molecular complexity index is 1460. The number of pyridine rings is 1. The quantitative estimate of drug-likeness (QED) is 0.404. The molecule has 210 valence electrons. The van der Waals surface area contributed by atoms with Crippen molar-refractivity contribution in [3.8, 4) is 11.3 Å². The molecular formula is C24H23F3N8O5. The van der Waals surface area contributed by atoms with Gasteiger partial charge in [0.25, 0.3) is 5.91 Å². The molecule has 0 radical (unpaired) electrons. The first-order valence-corrected chi connectivity index (χ1v) is 11.9. The van der Waals surface area contributed by atoms with Crippen LogP contribution in [0.15, 0.2) is 36.9 Å². The van der Waals surface area contributed by atoms with E-state index in [0.29, 0.717) is 5.82 Å². The Hall–Kier alpha value is -4.44. The van der Waals surface area contributed by atoms with Crippen LogP contribution in [0.3, 0.4) is 0 Å². The number of rotatable bonds is 8. The molecule has 0 saturated carbocycles. The van der Waals surface area contributed by atoms with Gasteiger partial charge in [-0.05, 0) is 19.1 Å². The molecular weight excluding hydrogens is 537 g/mol. The number of Topliss-reactive ketones (excluding diaryl/α,β-unsaturated/α-hetero) is 1. The van der Waals surface area contributed by atoms with Crippen molar-refractivity contribution in [2.45, 2.75) is 31.6 Å². The van der Waals surface area contributed by atoms with E-state index in [1.54, 1.807) is 24.9 Å². The second kappa shape index (κ2) is 10.3. The molecule has 0 bridgehead atoms. The van der Waals surface area contributed by atoms with Gasteiger partial charge in [0, 0.05) is 32.1 Å². The van der Waals surface area contributed by atoms with E-state index in [1.165, 1.54) is 35.0 Å². The lowest BCUT2D eigenvalue weighted by Gasteiger charge is -2.21. The molecule has 3 aromatic heterocycles. The molecule has 13 nitrogen and oxygen atoms in total. The first-order valence-electron chi connectivity index (χ1n) is 11.9. The third kappa shape index (κ3) is 5.10. The zero-order chi connectivity index (χ0) is 28.8. The van der Waals surface area contributed by atoms with E-state index in [-0.39, 0.29) is 41.7 Å². The lowest BCUT2D eigenvalue weighted by molar-refractivity contribution is -0.145. The fourth-order valence-electron chi connectivity index (χ4n) is 4.28. The zero-order valence-electron chi connectivity index (χ0n) is 21.4. The Morgan fingerprint density at radius 3 is 2.58 bits per heavy atom. The minimum Gasteiger partial charge on any atom is -0.377 e. The molecule has 5 heterocycles. The summed E-state index contributed by atoms with van der Waals surface area (Å²) in [4.78, 5) is 57.2. The molecule has 2 unspecified atom stereocenters. The highest BCUT2D eigenvalue weighted by atomic mass is 19.4. The monoisotopic (exact) mass is 560 g/mol. The minimum absolute atomic E-state index is 0.106. The van der Waals surface area contributed by atoms with Gasteiger partial charge in [0.1, 0.15) is 18.5 Å². The molecule has 3 aromatic rings. The lowest BCUT2D eigenvalue weighted by atomic mass is 10.2. The fourth-order valence-corrected chi connectivity index (χ4v) is 4.28. The number of methoxy groups -OCH3 is 1. The Balaban J connectivity index is 1.36. The highest BCUT2D eigenvalue weighted by Gasteiger charge is 2.54. The van der Waals surface area contributed by atoms with Gasteiger partial charge in [0.05, 0.1) is 18.6 Å². The number of nitrogens with zero attached hydrogens (tertiary/aromatic N) is 7. The van der Waals surface area contributed by atoms with Crippen molar-refractivity contribution < 1.29 is 37.0 Å². The summed E-state index contributed by atoms with van der Waals surface area (Å²) in [6.07, 6.45) is -2.48. The summed E-state index contributed by atoms with van der Waals surface area (Å²) in [6, 6.07) is 3.64. The Morgan fingerprint density at radius 2 is 1.90 bits per heavy atom. The van der Waals surface area contributed by atoms with Crippen LogP contribution in [-0.2, 0) is 25.2 Å². The maximum atomic E-state index is 13.6. The van der Waals surface area contributed by atoms with Gasteiger partial charge in [-0.15, -0.1) is 0 Å². The number of nitrogens with one attached hydrogen (secondary N) is 1. The van der Waals surface area contributed by atoms with Crippen LogP contribution in [0.1, 0.15) is 29.3 Å². The predicted molar refractivity (Wildman–Crippen MR) is 131 cm³/mol.